The van der Waals surface area contributed by atoms with Gasteiger partial charge in [0, 0.05) is 24.2 Å². The summed E-state index contributed by atoms with van der Waals surface area (Å²) in [7, 11) is 0. The molecule has 3 aliphatic heterocycles. The Morgan fingerprint density at radius 1 is 1.23 bits per heavy atom. The molecule has 0 spiro atoms. The van der Waals surface area contributed by atoms with Gasteiger partial charge in [0.25, 0.3) is 0 Å². The number of hydrogen-bond donors (Lipinski definition) is 1. The molecule has 1 aromatic carbocycles. The molecule has 1 unspecified atom stereocenters. The van der Waals surface area contributed by atoms with Gasteiger partial charge in [-0.2, -0.15) is 0 Å². The van der Waals surface area contributed by atoms with Gasteiger partial charge in [0.15, 0.2) is 0 Å². The standard InChI is InChI=1S/C24H35N5O/c1-16(2)25-23(30)21-14-28-11-10-18(21)12-20(28)13-29-15-22(26-27-29)17-6-8-19(9-7-17)24(3,4)5/h6-9,15-16,18,20-21H,10-14H2,1-5H3,(H,25,30)/t18-,20-,21+/m1/s1. The molecule has 2 bridgehead atoms. The molecule has 162 valence electrons. The highest BCUT2D eigenvalue weighted by Crippen LogP contribution is 2.37. The number of piperidine rings is 3. The Labute approximate surface area is 180 Å². The van der Waals surface area contributed by atoms with E-state index < -0.39 is 0 Å². The number of amides is 1. The molecule has 0 saturated carbocycles. The maximum atomic E-state index is 12.5. The number of nitrogens with one attached hydrogen (secondary N) is 1. The van der Waals surface area contributed by atoms with Crippen LogP contribution in [0.3, 0.4) is 0 Å². The van der Waals surface area contributed by atoms with E-state index in [1.54, 1.807) is 0 Å². The molecule has 0 radical (unpaired) electrons. The summed E-state index contributed by atoms with van der Waals surface area (Å²) < 4.78 is 1.97. The molecule has 0 aliphatic carbocycles. The molecule has 1 amide bonds. The molecular formula is C24H35N5O. The van der Waals surface area contributed by atoms with Crippen LogP contribution < -0.4 is 5.32 Å². The Bertz CT molecular complexity index is 880. The van der Waals surface area contributed by atoms with E-state index in [4.69, 9.17) is 0 Å². The maximum Gasteiger partial charge on any atom is 0.224 e. The summed E-state index contributed by atoms with van der Waals surface area (Å²) in [6.07, 6.45) is 4.24. The van der Waals surface area contributed by atoms with E-state index in [2.05, 4.69) is 71.8 Å². The number of nitrogens with zero attached hydrogens (tertiary/aromatic N) is 4. The average molecular weight is 410 g/mol. The second-order valence-electron chi connectivity index (χ2n) is 10.4. The van der Waals surface area contributed by atoms with E-state index in [9.17, 15) is 4.79 Å². The predicted molar refractivity (Wildman–Crippen MR) is 119 cm³/mol. The molecule has 4 atom stereocenters. The molecule has 2 aromatic rings. The predicted octanol–water partition coefficient (Wildman–Crippen LogP) is 3.48. The van der Waals surface area contributed by atoms with Crippen molar-refractivity contribution < 1.29 is 4.79 Å². The first-order chi connectivity index (χ1) is 14.2. The van der Waals surface area contributed by atoms with Crippen LogP contribution in [0.4, 0.5) is 0 Å². The first-order valence-corrected chi connectivity index (χ1v) is 11.3. The first-order valence-electron chi connectivity index (χ1n) is 11.3. The third kappa shape index (κ3) is 4.43. The average Bonchev–Trinajstić information content (AvgIpc) is 3.16. The zero-order valence-electron chi connectivity index (χ0n) is 18.9. The van der Waals surface area contributed by atoms with Crippen LogP contribution in [0, 0.1) is 11.8 Å². The number of hydrogen-bond acceptors (Lipinski definition) is 4. The van der Waals surface area contributed by atoms with Gasteiger partial charge in [-0.15, -0.1) is 5.10 Å². The molecule has 3 fully saturated rings. The second-order valence-corrected chi connectivity index (χ2v) is 10.4. The summed E-state index contributed by atoms with van der Waals surface area (Å²) in [5, 5.41) is 11.9. The number of carbonyl (C=O) groups is 1. The minimum absolute atomic E-state index is 0.130. The smallest absolute Gasteiger partial charge is 0.224 e. The van der Waals surface area contributed by atoms with Crippen LogP contribution in [0.2, 0.25) is 0 Å². The van der Waals surface area contributed by atoms with Gasteiger partial charge >= 0.3 is 0 Å². The SMILES string of the molecule is CC(C)NC(=O)[C@H]1CN2CC[C@@H]1C[C@@H]2Cn1cc(-c2ccc(C(C)(C)C)cc2)nn1. The second kappa shape index (κ2) is 8.14. The quantitative estimate of drug-likeness (QED) is 0.821. The highest BCUT2D eigenvalue weighted by Gasteiger charge is 2.43. The van der Waals surface area contributed by atoms with Crippen LogP contribution in [0.25, 0.3) is 11.3 Å². The van der Waals surface area contributed by atoms with Crippen molar-refractivity contribution in [2.24, 2.45) is 11.8 Å². The van der Waals surface area contributed by atoms with Crippen molar-refractivity contribution in [1.82, 2.24) is 25.2 Å². The lowest BCUT2D eigenvalue weighted by Crippen LogP contribution is -2.58. The molecule has 3 saturated heterocycles. The third-order valence-electron chi connectivity index (χ3n) is 6.63. The molecule has 5 rings (SSSR count). The lowest BCUT2D eigenvalue weighted by molar-refractivity contribution is -0.133. The van der Waals surface area contributed by atoms with Gasteiger partial charge in [-0.3, -0.25) is 14.4 Å². The van der Waals surface area contributed by atoms with E-state index in [1.165, 1.54) is 5.56 Å². The summed E-state index contributed by atoms with van der Waals surface area (Å²) in [5.74, 6) is 0.830. The summed E-state index contributed by atoms with van der Waals surface area (Å²) in [6, 6.07) is 9.28. The fraction of sp³-hybridized carbons (Fsp3) is 0.625. The van der Waals surface area contributed by atoms with Crippen molar-refractivity contribution in [3.05, 3.63) is 36.0 Å². The van der Waals surface area contributed by atoms with Gasteiger partial charge in [-0.25, -0.2) is 0 Å². The molecule has 1 N–H and O–H groups in total. The summed E-state index contributed by atoms with van der Waals surface area (Å²) >= 11 is 0. The fourth-order valence-electron chi connectivity index (χ4n) is 4.89. The fourth-order valence-corrected chi connectivity index (χ4v) is 4.89. The third-order valence-corrected chi connectivity index (χ3v) is 6.63. The first kappa shape index (κ1) is 21.0. The Hall–Kier alpha value is -2.21. The van der Waals surface area contributed by atoms with Crippen LogP contribution in [-0.2, 0) is 16.8 Å². The van der Waals surface area contributed by atoms with Gasteiger partial charge in [0.2, 0.25) is 5.91 Å². The van der Waals surface area contributed by atoms with Crippen LogP contribution in [0.5, 0.6) is 0 Å². The Balaban J connectivity index is 1.40. The topological polar surface area (TPSA) is 63.1 Å². The van der Waals surface area contributed by atoms with Gasteiger partial charge in [0.05, 0.1) is 18.7 Å². The lowest BCUT2D eigenvalue weighted by atomic mass is 9.75. The minimum Gasteiger partial charge on any atom is -0.354 e. The molecule has 4 heterocycles. The molecule has 30 heavy (non-hydrogen) atoms. The molecule has 1 aromatic heterocycles. The van der Waals surface area contributed by atoms with E-state index in [0.29, 0.717) is 12.0 Å². The molecule has 3 aliphatic rings. The lowest BCUT2D eigenvalue weighted by Gasteiger charge is -2.49. The van der Waals surface area contributed by atoms with Crippen molar-refractivity contribution in [3.63, 3.8) is 0 Å². The van der Waals surface area contributed by atoms with Crippen molar-refractivity contribution in [2.75, 3.05) is 13.1 Å². The number of aromatic nitrogens is 3. The Morgan fingerprint density at radius 3 is 2.57 bits per heavy atom. The normalized spacial score (nSPS) is 26.2. The summed E-state index contributed by atoms with van der Waals surface area (Å²) in [5.41, 5.74) is 3.49. The van der Waals surface area contributed by atoms with Gasteiger partial charge < -0.3 is 5.32 Å². The van der Waals surface area contributed by atoms with Gasteiger partial charge in [-0.05, 0) is 50.1 Å². The van der Waals surface area contributed by atoms with Crippen LogP contribution in [0.1, 0.15) is 53.0 Å². The van der Waals surface area contributed by atoms with Gasteiger partial charge in [0.1, 0.15) is 5.69 Å². The Kier molecular flexibility index (Phi) is 5.71. The highest BCUT2D eigenvalue weighted by atomic mass is 16.2. The van der Waals surface area contributed by atoms with Gasteiger partial charge in [-0.1, -0.05) is 50.3 Å². The zero-order valence-corrected chi connectivity index (χ0v) is 18.9. The largest absolute Gasteiger partial charge is 0.354 e. The molecule has 6 nitrogen and oxygen atoms in total. The summed E-state index contributed by atoms with van der Waals surface area (Å²) in [6.45, 7) is 13.5. The zero-order chi connectivity index (χ0) is 21.5. The molecule has 6 heteroatoms. The van der Waals surface area contributed by atoms with Crippen molar-refractivity contribution in [3.8, 4) is 11.3 Å². The minimum atomic E-state index is 0.130. The maximum absolute atomic E-state index is 12.5. The van der Waals surface area contributed by atoms with E-state index in [1.807, 2.05) is 18.5 Å². The van der Waals surface area contributed by atoms with Crippen LogP contribution >= 0.6 is 0 Å². The van der Waals surface area contributed by atoms with E-state index in [-0.39, 0.29) is 23.3 Å². The van der Waals surface area contributed by atoms with Crippen molar-refractivity contribution >= 4 is 5.91 Å². The number of benzene rings is 1. The number of carbonyl (C=O) groups excluding carboxylic acids is 1. The summed E-state index contributed by atoms with van der Waals surface area (Å²) in [4.78, 5) is 15.0. The number of rotatable bonds is 5. The van der Waals surface area contributed by atoms with E-state index in [0.717, 1.165) is 43.7 Å². The Morgan fingerprint density at radius 2 is 1.97 bits per heavy atom. The highest BCUT2D eigenvalue weighted by molar-refractivity contribution is 5.79. The van der Waals surface area contributed by atoms with Crippen molar-refractivity contribution in [2.45, 2.75) is 71.5 Å². The van der Waals surface area contributed by atoms with E-state index >= 15 is 0 Å². The van der Waals surface area contributed by atoms with Crippen LogP contribution in [-0.4, -0.2) is 51.0 Å². The van der Waals surface area contributed by atoms with Crippen molar-refractivity contribution in [1.29, 1.82) is 0 Å². The van der Waals surface area contributed by atoms with Crippen LogP contribution in [0.15, 0.2) is 30.5 Å². The number of fused-ring (bicyclic) bond motifs is 3. The monoisotopic (exact) mass is 409 g/mol. The molecular weight excluding hydrogens is 374 g/mol.